The van der Waals surface area contributed by atoms with E-state index in [9.17, 15) is 16.8 Å². The Labute approximate surface area is 363 Å². The first-order valence-electron chi connectivity index (χ1n) is 19.2. The normalized spacial score (nSPS) is 11.6. The van der Waals surface area contributed by atoms with Gasteiger partial charge in [0.15, 0.2) is 11.3 Å². The maximum absolute atomic E-state index is 11.9. The van der Waals surface area contributed by atoms with Crippen LogP contribution in [0.25, 0.3) is 44.6 Å². The predicted octanol–water partition coefficient (Wildman–Crippen LogP) is 6.20. The van der Waals surface area contributed by atoms with Gasteiger partial charge in [-0.25, -0.2) is 50.9 Å². The zero-order chi connectivity index (χ0) is 44.6. The second-order valence-corrected chi connectivity index (χ2v) is 17.3. The SMILES string of the molecule is C=CS(=O)(=O)N(C)CCn1nc(-c2ccc(Oc3ccccc3)cc2)c2c(N)ncnc21.C=CS(=O)(=O)NCCn1nc(-c2ccc(Oc3ccccc3)cc2)c2c(N)ncnc21. The van der Waals surface area contributed by atoms with Crippen LogP contribution in [0.2, 0.25) is 0 Å². The molecule has 18 nitrogen and oxygen atoms in total. The quantitative estimate of drug-likeness (QED) is 0.0979. The molecule has 0 spiro atoms. The Bertz CT molecular complexity index is 3090. The lowest BCUT2D eigenvalue weighted by atomic mass is 10.1. The van der Waals surface area contributed by atoms with Crippen molar-refractivity contribution in [3.05, 3.63) is 146 Å². The Hall–Kier alpha value is -7.52. The van der Waals surface area contributed by atoms with Gasteiger partial charge in [0, 0.05) is 42.1 Å². The molecule has 0 saturated heterocycles. The fraction of sp³-hybridized carbons (Fsp3) is 0.116. The van der Waals surface area contributed by atoms with Crippen molar-refractivity contribution < 1.29 is 26.3 Å². The third-order valence-electron chi connectivity index (χ3n) is 9.45. The number of nitrogen functional groups attached to an aromatic ring is 2. The van der Waals surface area contributed by atoms with E-state index in [0.717, 1.165) is 33.4 Å². The summed E-state index contributed by atoms with van der Waals surface area (Å²) in [5.74, 6) is 3.44. The number of ether oxygens (including phenoxy) is 2. The number of benzene rings is 4. The van der Waals surface area contributed by atoms with Crippen LogP contribution >= 0.6 is 0 Å². The summed E-state index contributed by atoms with van der Waals surface area (Å²) in [5, 5.41) is 12.3. The minimum atomic E-state index is -3.53. The van der Waals surface area contributed by atoms with Crippen molar-refractivity contribution in [2.75, 3.05) is 31.6 Å². The zero-order valence-electron chi connectivity index (χ0n) is 33.9. The number of nitrogens with zero attached hydrogens (tertiary/aromatic N) is 9. The van der Waals surface area contributed by atoms with Crippen LogP contribution in [-0.2, 0) is 33.1 Å². The lowest BCUT2D eigenvalue weighted by Crippen LogP contribution is -2.28. The van der Waals surface area contributed by atoms with Gasteiger partial charge in [-0.05, 0) is 72.8 Å². The van der Waals surface area contributed by atoms with Gasteiger partial charge in [-0.2, -0.15) is 14.5 Å². The van der Waals surface area contributed by atoms with E-state index in [1.807, 2.05) is 109 Å². The molecule has 0 fully saturated rings. The first-order valence-corrected chi connectivity index (χ1v) is 22.2. The number of nitrogens with two attached hydrogens (primary N) is 2. The Morgan fingerprint density at radius 1 is 0.619 bits per heavy atom. The number of para-hydroxylation sites is 2. The number of nitrogens with one attached hydrogen (secondary N) is 1. The minimum Gasteiger partial charge on any atom is -0.457 e. The zero-order valence-corrected chi connectivity index (χ0v) is 35.5. The Kier molecular flexibility index (Phi) is 13.2. The maximum atomic E-state index is 11.9. The number of hydrogen-bond donors (Lipinski definition) is 3. The number of fused-ring (bicyclic) bond motifs is 2. The van der Waals surface area contributed by atoms with Crippen LogP contribution in [0.1, 0.15) is 0 Å². The van der Waals surface area contributed by atoms with Gasteiger partial charge in [-0.15, -0.1) is 0 Å². The maximum Gasteiger partial charge on any atom is 0.235 e. The lowest BCUT2D eigenvalue weighted by Gasteiger charge is -2.14. The van der Waals surface area contributed by atoms with E-state index in [4.69, 9.17) is 20.9 Å². The number of hydrogen-bond acceptors (Lipinski definition) is 14. The second kappa shape index (κ2) is 19.0. The fourth-order valence-corrected chi connectivity index (χ4v) is 7.31. The third-order valence-corrected chi connectivity index (χ3v) is 12.0. The average molecular weight is 887 g/mol. The summed E-state index contributed by atoms with van der Waals surface area (Å²) in [7, 11) is -5.56. The summed E-state index contributed by atoms with van der Waals surface area (Å²) in [5.41, 5.74) is 16.1. The van der Waals surface area contributed by atoms with Gasteiger partial charge in [-0.3, -0.25) is 0 Å². The molecule has 0 aliphatic heterocycles. The molecular formula is C43H42N12O6S2. The molecule has 0 amide bonds. The van der Waals surface area contributed by atoms with Gasteiger partial charge in [0.2, 0.25) is 20.0 Å². The van der Waals surface area contributed by atoms with Crippen molar-refractivity contribution in [1.29, 1.82) is 0 Å². The molecule has 0 unspecified atom stereocenters. The molecule has 5 N–H and O–H groups in total. The van der Waals surface area contributed by atoms with Crippen LogP contribution in [0, 0.1) is 0 Å². The predicted molar refractivity (Wildman–Crippen MR) is 242 cm³/mol. The molecule has 0 aliphatic rings. The van der Waals surface area contributed by atoms with Crippen LogP contribution in [0.5, 0.6) is 23.0 Å². The van der Waals surface area contributed by atoms with Crippen LogP contribution < -0.4 is 25.7 Å². The molecular weight excluding hydrogens is 845 g/mol. The van der Waals surface area contributed by atoms with Crippen LogP contribution in [0.4, 0.5) is 11.6 Å². The van der Waals surface area contributed by atoms with Gasteiger partial charge in [0.05, 0.1) is 23.9 Å². The summed E-state index contributed by atoms with van der Waals surface area (Å²) in [6.07, 6.45) is 2.71. The number of rotatable bonds is 16. The average Bonchev–Trinajstić information content (AvgIpc) is 3.87. The van der Waals surface area contributed by atoms with E-state index < -0.39 is 20.0 Å². The van der Waals surface area contributed by atoms with E-state index in [1.54, 1.807) is 9.36 Å². The van der Waals surface area contributed by atoms with Crippen molar-refractivity contribution in [1.82, 2.24) is 48.5 Å². The van der Waals surface area contributed by atoms with E-state index in [0.29, 0.717) is 56.6 Å². The topological polar surface area (TPSA) is 241 Å². The van der Waals surface area contributed by atoms with Crippen LogP contribution in [0.3, 0.4) is 0 Å². The minimum absolute atomic E-state index is 0.123. The summed E-state index contributed by atoms with van der Waals surface area (Å²) < 4.78 is 65.6. The molecule has 0 bridgehead atoms. The van der Waals surface area contributed by atoms with Gasteiger partial charge in [0.1, 0.15) is 58.7 Å². The second-order valence-electron chi connectivity index (χ2n) is 13.6. The number of anilines is 2. The number of aromatic nitrogens is 8. The highest BCUT2D eigenvalue weighted by Gasteiger charge is 2.20. The largest absolute Gasteiger partial charge is 0.457 e. The van der Waals surface area contributed by atoms with Crippen molar-refractivity contribution in [2.24, 2.45) is 0 Å². The molecule has 20 heteroatoms. The molecule has 8 aromatic rings. The smallest absolute Gasteiger partial charge is 0.235 e. The molecule has 0 radical (unpaired) electrons. The highest BCUT2D eigenvalue weighted by atomic mass is 32.2. The number of likely N-dealkylation sites (N-methyl/N-ethyl adjacent to an activating group) is 1. The van der Waals surface area contributed by atoms with Crippen molar-refractivity contribution >= 4 is 53.7 Å². The molecule has 0 saturated carbocycles. The number of sulfonamides is 2. The van der Waals surface area contributed by atoms with Gasteiger partial charge >= 0.3 is 0 Å². The molecule has 4 aromatic heterocycles. The summed E-state index contributed by atoms with van der Waals surface area (Å²) in [4.78, 5) is 16.8. The van der Waals surface area contributed by atoms with Crippen molar-refractivity contribution in [3.8, 4) is 45.5 Å². The van der Waals surface area contributed by atoms with Crippen molar-refractivity contribution in [3.63, 3.8) is 0 Å². The Morgan fingerprint density at radius 2 is 1.05 bits per heavy atom. The first-order chi connectivity index (χ1) is 30.4. The van der Waals surface area contributed by atoms with E-state index in [-0.39, 0.29) is 26.2 Å². The molecule has 63 heavy (non-hydrogen) atoms. The van der Waals surface area contributed by atoms with Gasteiger partial charge in [-0.1, -0.05) is 49.6 Å². The molecule has 0 aliphatic carbocycles. The standard InChI is InChI=1S/C22H22N6O3S.C21H20N6O3S/c1-3-32(29,30)27(2)13-14-28-22-19(21(23)24-15-25-22)20(26-28)16-9-11-18(12-10-16)31-17-7-5-4-6-8-17;1-2-31(28,29)25-12-13-27-21-18(20(22)23-14-24-21)19(26-27)15-8-10-17(11-9-15)30-16-6-4-3-5-7-16/h3-12,15H,1,13-14H2,2H3,(H2,23,24,25);2-11,14,25H,1,12-13H2,(H2,22,23,24). The highest BCUT2D eigenvalue weighted by molar-refractivity contribution is 7.92. The summed E-state index contributed by atoms with van der Waals surface area (Å²) in [6, 6.07) is 33.9. The molecule has 4 aromatic carbocycles. The molecule has 8 rings (SSSR count). The van der Waals surface area contributed by atoms with Crippen LogP contribution in [0.15, 0.2) is 146 Å². The van der Waals surface area contributed by atoms with Crippen LogP contribution in [-0.4, -0.2) is 80.8 Å². The molecule has 0 atom stereocenters. The summed E-state index contributed by atoms with van der Waals surface area (Å²) in [6.45, 7) is 7.48. The molecule has 4 heterocycles. The Balaban J connectivity index is 0.000000189. The first kappa shape index (κ1) is 43.6. The van der Waals surface area contributed by atoms with E-state index in [1.165, 1.54) is 24.0 Å². The van der Waals surface area contributed by atoms with E-state index in [2.05, 4.69) is 48.0 Å². The van der Waals surface area contributed by atoms with Gasteiger partial charge < -0.3 is 20.9 Å². The van der Waals surface area contributed by atoms with Gasteiger partial charge in [0.25, 0.3) is 0 Å². The fourth-order valence-electron chi connectivity index (χ4n) is 6.23. The van der Waals surface area contributed by atoms with Crippen molar-refractivity contribution in [2.45, 2.75) is 13.1 Å². The highest BCUT2D eigenvalue weighted by Crippen LogP contribution is 2.33. The summed E-state index contributed by atoms with van der Waals surface area (Å²) >= 11 is 0. The third kappa shape index (κ3) is 10.3. The van der Waals surface area contributed by atoms with E-state index >= 15 is 0 Å². The Morgan fingerprint density at radius 3 is 1.48 bits per heavy atom. The monoisotopic (exact) mass is 886 g/mol. The molecule has 322 valence electrons. The lowest BCUT2D eigenvalue weighted by molar-refractivity contribution is 0.442.